The molecule has 0 unspecified atom stereocenters. The molecule has 2 heterocycles. The Morgan fingerprint density at radius 2 is 1.85 bits per heavy atom. The third-order valence-electron chi connectivity index (χ3n) is 8.22. The molecule has 2 bridgehead atoms. The summed E-state index contributed by atoms with van der Waals surface area (Å²) in [6, 6.07) is 3.69. The molecule has 1 saturated heterocycles. The number of ketones is 1. The summed E-state index contributed by atoms with van der Waals surface area (Å²) in [7, 11) is 3.38. The van der Waals surface area contributed by atoms with Gasteiger partial charge in [-0.2, -0.15) is 4.99 Å². The molecule has 39 heavy (non-hydrogen) atoms. The summed E-state index contributed by atoms with van der Waals surface area (Å²) < 4.78 is 6.04. The van der Waals surface area contributed by atoms with Crippen molar-refractivity contribution in [1.82, 2.24) is 9.80 Å². The first-order chi connectivity index (χ1) is 16.1. The number of nitrogens with zero attached hydrogens (tertiary/aromatic N) is 3. The second kappa shape index (κ2) is 13.9. The molecule has 1 aromatic rings. The van der Waals surface area contributed by atoms with Gasteiger partial charge in [0.1, 0.15) is 0 Å². The quantitative estimate of drug-likeness (QED) is 0.168. The fourth-order valence-corrected chi connectivity index (χ4v) is 6.49. The van der Waals surface area contributed by atoms with E-state index in [4.69, 9.17) is 21.6 Å². The Labute approximate surface area is 272 Å². The van der Waals surface area contributed by atoms with Crippen LogP contribution in [-0.4, -0.2) is 82.6 Å². The van der Waals surface area contributed by atoms with Gasteiger partial charge in [0.25, 0.3) is 0 Å². The number of aliphatic imine (C=N–C) groups is 1. The van der Waals surface area contributed by atoms with Gasteiger partial charge in [-0.3, -0.25) is 15.1 Å². The van der Waals surface area contributed by atoms with Crippen molar-refractivity contribution in [3.63, 3.8) is 0 Å². The normalized spacial score (nSPS) is 28.4. The van der Waals surface area contributed by atoms with Gasteiger partial charge in [0.2, 0.25) is 5.96 Å². The molecule has 1 spiro atoms. The number of guanidine groups is 2. The number of hydrogen-bond donors (Lipinski definition) is 5. The Morgan fingerprint density at radius 1 is 1.21 bits per heavy atom. The summed E-state index contributed by atoms with van der Waals surface area (Å²) in [4.78, 5) is 20.1. The molecule has 2 aliphatic heterocycles. The predicted octanol–water partition coefficient (Wildman–Crippen LogP) is 0.269. The average molecular weight is 695 g/mol. The van der Waals surface area contributed by atoms with Crippen molar-refractivity contribution in [2.45, 2.75) is 61.7 Å². The van der Waals surface area contributed by atoms with Crippen molar-refractivity contribution in [3.8, 4) is 11.5 Å². The van der Waals surface area contributed by atoms with Gasteiger partial charge in [0, 0.05) is 59.7 Å². The molecule has 3 fully saturated rings. The molecule has 3 aliphatic carbocycles. The number of phenols is 1. The minimum absolute atomic E-state index is 0. The smallest absolute Gasteiger partial charge is 0.220 e. The molecule has 5 aliphatic rings. The van der Waals surface area contributed by atoms with Crippen molar-refractivity contribution in [2.75, 3.05) is 27.2 Å². The van der Waals surface area contributed by atoms with Gasteiger partial charge in [0.05, 0.1) is 11.0 Å². The minimum atomic E-state index is -0.940. The number of nitrogens with one attached hydrogen (secondary N) is 1. The monoisotopic (exact) mass is 696 g/mol. The maximum atomic E-state index is 12.7. The maximum absolute atomic E-state index is 12.7. The summed E-state index contributed by atoms with van der Waals surface area (Å²) in [6.45, 7) is 1.95. The van der Waals surface area contributed by atoms with Crippen molar-refractivity contribution in [3.05, 3.63) is 23.3 Å². The number of benzene rings is 1. The Balaban J connectivity index is 0.000000916. The van der Waals surface area contributed by atoms with E-state index in [0.29, 0.717) is 18.6 Å². The van der Waals surface area contributed by atoms with Gasteiger partial charge in [-0.25, -0.2) is 0 Å². The van der Waals surface area contributed by atoms with Gasteiger partial charge >= 0.3 is 0 Å². The molecule has 7 N–H and O–H groups in total. The standard InChI is InChI=1S/C20H23NO4.C4H11N5.Mo.4S/c22-13-4-3-12-9-15-20(24)6-5-14(23)18-19(20,16(12)17(13)25-18)7-8-21(15)10-11-1-2-11;1-9(2)4(7)8-3(5)6;;;;;/h3-4,11,15,18,22,24H,1-2,5-10H2;1-2H3,(H5,5,6,7,8);;;;;/q;;;4*-2/t15-,18+,19+,20-;;;;;;/m1....../s1. The summed E-state index contributed by atoms with van der Waals surface area (Å²) in [6.07, 6.45) is 4.33. The van der Waals surface area contributed by atoms with E-state index >= 15 is 0 Å². The van der Waals surface area contributed by atoms with Crippen LogP contribution in [-0.2, 0) is 91.7 Å². The summed E-state index contributed by atoms with van der Waals surface area (Å²) >= 11 is 0. The van der Waals surface area contributed by atoms with E-state index < -0.39 is 17.1 Å². The zero-order chi connectivity index (χ0) is 24.4. The molecule has 0 aromatic heterocycles. The van der Waals surface area contributed by atoms with Crippen LogP contribution < -0.4 is 16.2 Å². The van der Waals surface area contributed by atoms with E-state index in [1.54, 1.807) is 20.2 Å². The molecule has 222 valence electrons. The molecular formula is C24H34MoN6O4S4-8. The number of rotatable bonds is 2. The average Bonchev–Trinajstić information content (AvgIpc) is 3.51. The van der Waals surface area contributed by atoms with Crippen LogP contribution in [0.4, 0.5) is 0 Å². The zero-order valence-electron chi connectivity index (χ0n) is 21.8. The topological polar surface area (TPSA) is 161 Å². The van der Waals surface area contributed by atoms with Crippen molar-refractivity contribution >= 4 is 71.7 Å². The molecule has 0 amide bonds. The number of aromatic hydroxyl groups is 1. The number of carbonyl (C=O) groups is 1. The zero-order valence-corrected chi connectivity index (χ0v) is 27.1. The summed E-state index contributed by atoms with van der Waals surface area (Å²) in [5.41, 5.74) is 10.4. The number of phenolic OH excluding ortho intramolecular Hbond substituents is 1. The Hall–Kier alpha value is -0.762. The SMILES string of the molecule is CN(C)C(=N)N=C(N)N.O=C1CC[C@@]2(O)[C@H]3Cc4ccc(O)c5c4[C@@]2(CCN3CC2CC2)[C@H]1O5.[Mo].[S-2].[S-2].[S-2].[S-2]. The molecule has 15 heteroatoms. The molecule has 6 rings (SSSR count). The Kier molecular flexibility index (Phi) is 13.7. The van der Waals surface area contributed by atoms with E-state index in [9.17, 15) is 15.0 Å². The van der Waals surface area contributed by atoms with Crippen LogP contribution in [0, 0.1) is 11.3 Å². The van der Waals surface area contributed by atoms with Crippen LogP contribution >= 0.6 is 0 Å². The van der Waals surface area contributed by atoms with E-state index in [2.05, 4.69) is 9.89 Å². The Morgan fingerprint density at radius 3 is 2.38 bits per heavy atom. The van der Waals surface area contributed by atoms with E-state index in [1.165, 1.54) is 17.7 Å². The number of Topliss-reactive ketones (excluding diaryl/α,β-unsaturated/α-hetero) is 1. The van der Waals surface area contributed by atoms with Gasteiger partial charge < -0.3 is 85.3 Å². The van der Waals surface area contributed by atoms with Crippen LogP contribution in [0.15, 0.2) is 17.1 Å². The predicted molar refractivity (Wildman–Crippen MR) is 156 cm³/mol. The number of carbonyl (C=O) groups excluding carboxylic acids is 1. The van der Waals surface area contributed by atoms with Crippen LogP contribution in [0.2, 0.25) is 0 Å². The fourth-order valence-electron chi connectivity index (χ4n) is 6.49. The third kappa shape index (κ3) is 6.22. The number of piperidine rings is 1. The van der Waals surface area contributed by atoms with Crippen molar-refractivity contribution in [2.24, 2.45) is 22.4 Å². The van der Waals surface area contributed by atoms with Crippen LogP contribution in [0.5, 0.6) is 11.5 Å². The molecular weight excluding hydrogens is 661 g/mol. The molecule has 10 nitrogen and oxygen atoms in total. The second-order valence-corrected chi connectivity index (χ2v) is 10.5. The van der Waals surface area contributed by atoms with Gasteiger partial charge in [0.15, 0.2) is 29.3 Å². The molecule has 0 radical (unpaired) electrons. The fraction of sp³-hybridized carbons (Fsp3) is 0.625. The first kappa shape index (κ1) is 38.2. The first-order valence-electron chi connectivity index (χ1n) is 11.9. The van der Waals surface area contributed by atoms with Crippen LogP contribution in [0.25, 0.3) is 0 Å². The first-order valence-corrected chi connectivity index (χ1v) is 11.9. The summed E-state index contributed by atoms with van der Waals surface area (Å²) in [5.74, 6) is 1.35. The van der Waals surface area contributed by atoms with E-state index in [-0.39, 0.29) is 105 Å². The van der Waals surface area contributed by atoms with E-state index in [0.717, 1.165) is 43.0 Å². The largest absolute Gasteiger partial charge is 2.00 e. The number of likely N-dealkylation sites (tertiary alicyclic amines) is 1. The number of hydrogen-bond acceptors (Lipinski definition) is 6. The van der Waals surface area contributed by atoms with Crippen molar-refractivity contribution in [1.29, 1.82) is 5.41 Å². The maximum Gasteiger partial charge on any atom is 0.220 e. The molecule has 1 aromatic carbocycles. The number of nitrogens with two attached hydrogens (primary N) is 2. The van der Waals surface area contributed by atoms with Crippen molar-refractivity contribution < 1.29 is 40.8 Å². The molecule has 2 saturated carbocycles. The van der Waals surface area contributed by atoms with Gasteiger partial charge in [-0.15, -0.1) is 0 Å². The minimum Gasteiger partial charge on any atom is -2.00 e. The van der Waals surface area contributed by atoms with Gasteiger partial charge in [-0.05, 0) is 56.2 Å². The number of ether oxygens (including phenoxy) is 1. The Bertz CT molecular complexity index is 1090. The summed E-state index contributed by atoms with van der Waals surface area (Å²) in [5, 5.41) is 29.3. The molecule has 4 atom stereocenters. The van der Waals surface area contributed by atoms with Crippen LogP contribution in [0.1, 0.15) is 43.2 Å². The van der Waals surface area contributed by atoms with Gasteiger partial charge in [-0.1, -0.05) is 6.07 Å². The second-order valence-electron chi connectivity index (χ2n) is 10.5. The van der Waals surface area contributed by atoms with E-state index in [1.807, 2.05) is 6.07 Å². The number of aliphatic hydroxyl groups is 1. The third-order valence-corrected chi connectivity index (χ3v) is 8.22. The van der Waals surface area contributed by atoms with Crippen LogP contribution in [0.3, 0.4) is 0 Å².